The first kappa shape index (κ1) is 12.3. The van der Waals surface area contributed by atoms with E-state index in [1.807, 2.05) is 0 Å². The van der Waals surface area contributed by atoms with Gasteiger partial charge in [-0.05, 0) is 25.7 Å². The number of nitrogens with one attached hydrogen (secondary N) is 1. The van der Waals surface area contributed by atoms with Crippen molar-refractivity contribution in [1.29, 1.82) is 0 Å². The molecule has 1 N–H and O–H groups in total. The second-order valence-corrected chi connectivity index (χ2v) is 6.24. The zero-order valence-corrected chi connectivity index (χ0v) is 11.1. The molecule has 3 heteroatoms. The first-order valence-electron chi connectivity index (χ1n) is 6.58. The molecule has 1 heterocycles. The summed E-state index contributed by atoms with van der Waals surface area (Å²) in [6.45, 7) is 13.2. The Bertz CT molecular complexity index is 240. The van der Waals surface area contributed by atoms with Crippen LogP contribution in [-0.2, 0) is 4.74 Å². The van der Waals surface area contributed by atoms with Crippen LogP contribution in [0.3, 0.4) is 0 Å². The maximum absolute atomic E-state index is 5.80. The highest BCUT2D eigenvalue weighted by Gasteiger charge is 2.45. The highest BCUT2D eigenvalue weighted by molar-refractivity contribution is 5.01. The molecule has 2 atom stereocenters. The van der Waals surface area contributed by atoms with Gasteiger partial charge < -0.3 is 10.1 Å². The predicted octanol–water partition coefficient (Wildman–Crippen LogP) is 1.48. The van der Waals surface area contributed by atoms with Gasteiger partial charge in [0.2, 0.25) is 0 Å². The fourth-order valence-corrected chi connectivity index (χ4v) is 2.42. The fraction of sp³-hybridized carbons (Fsp3) is 1.00. The van der Waals surface area contributed by atoms with Gasteiger partial charge in [0, 0.05) is 31.7 Å². The minimum Gasteiger partial charge on any atom is -0.374 e. The largest absolute Gasteiger partial charge is 0.374 e. The summed E-state index contributed by atoms with van der Waals surface area (Å²) in [5.74, 6) is 0. The van der Waals surface area contributed by atoms with Crippen LogP contribution < -0.4 is 5.32 Å². The Hall–Kier alpha value is -0.120. The number of hydrogen-bond acceptors (Lipinski definition) is 3. The molecule has 0 amide bonds. The van der Waals surface area contributed by atoms with Crippen molar-refractivity contribution in [2.75, 3.05) is 26.2 Å². The molecule has 1 aliphatic heterocycles. The van der Waals surface area contributed by atoms with Gasteiger partial charge in [-0.2, -0.15) is 0 Å². The Morgan fingerprint density at radius 2 is 2.12 bits per heavy atom. The molecule has 2 rings (SSSR count). The van der Waals surface area contributed by atoms with E-state index in [-0.39, 0.29) is 0 Å². The van der Waals surface area contributed by atoms with E-state index >= 15 is 0 Å². The quantitative estimate of drug-likeness (QED) is 0.786. The highest BCUT2D eigenvalue weighted by Crippen LogP contribution is 2.44. The summed E-state index contributed by atoms with van der Waals surface area (Å²) in [5, 5.41) is 3.62. The molecule has 0 aromatic carbocycles. The summed E-state index contributed by atoms with van der Waals surface area (Å²) in [5.41, 5.74) is 0.520. The third-order valence-electron chi connectivity index (χ3n) is 4.01. The summed E-state index contributed by atoms with van der Waals surface area (Å²) in [4.78, 5) is 2.51. The van der Waals surface area contributed by atoms with Crippen LogP contribution in [0, 0.1) is 5.41 Å². The van der Waals surface area contributed by atoms with Gasteiger partial charge in [-0.1, -0.05) is 13.8 Å². The molecule has 1 saturated carbocycles. The average molecular weight is 226 g/mol. The molecule has 2 unspecified atom stereocenters. The van der Waals surface area contributed by atoms with Crippen LogP contribution >= 0.6 is 0 Å². The number of nitrogens with zero attached hydrogens (tertiary/aromatic N) is 1. The van der Waals surface area contributed by atoms with Crippen LogP contribution in [0.2, 0.25) is 0 Å². The normalized spacial score (nSPS) is 34.3. The lowest BCUT2D eigenvalue weighted by molar-refractivity contribution is -0.0375. The Morgan fingerprint density at radius 3 is 2.69 bits per heavy atom. The van der Waals surface area contributed by atoms with Crippen molar-refractivity contribution in [3.8, 4) is 0 Å². The standard InChI is InChI=1S/C13H26N2O/c1-10(2)15-5-6-16-11(9-15)8-14-12-7-13(12,3)4/h10-12,14H,5-9H2,1-4H3. The van der Waals surface area contributed by atoms with Crippen LogP contribution in [0.5, 0.6) is 0 Å². The van der Waals surface area contributed by atoms with Crippen molar-refractivity contribution in [1.82, 2.24) is 10.2 Å². The average Bonchev–Trinajstić information content (AvgIpc) is 2.84. The number of ether oxygens (including phenoxy) is 1. The minimum absolute atomic E-state index is 0.382. The van der Waals surface area contributed by atoms with Gasteiger partial charge in [-0.15, -0.1) is 0 Å². The first-order chi connectivity index (χ1) is 7.49. The second kappa shape index (κ2) is 4.63. The molecule has 0 aromatic heterocycles. The van der Waals surface area contributed by atoms with Crippen molar-refractivity contribution in [3.63, 3.8) is 0 Å². The number of morpholine rings is 1. The molecule has 1 saturated heterocycles. The molecule has 0 spiro atoms. The van der Waals surface area contributed by atoms with Gasteiger partial charge in [0.25, 0.3) is 0 Å². The lowest BCUT2D eigenvalue weighted by atomic mass is 10.2. The zero-order chi connectivity index (χ0) is 11.8. The Labute approximate surface area is 99.5 Å². The van der Waals surface area contributed by atoms with E-state index < -0.39 is 0 Å². The topological polar surface area (TPSA) is 24.5 Å². The molecular weight excluding hydrogens is 200 g/mol. The van der Waals surface area contributed by atoms with Crippen molar-refractivity contribution in [2.24, 2.45) is 5.41 Å². The van der Waals surface area contributed by atoms with Crippen molar-refractivity contribution >= 4 is 0 Å². The van der Waals surface area contributed by atoms with Crippen molar-refractivity contribution < 1.29 is 4.74 Å². The van der Waals surface area contributed by atoms with Gasteiger partial charge in [-0.3, -0.25) is 4.90 Å². The Kier molecular flexibility index (Phi) is 3.57. The van der Waals surface area contributed by atoms with E-state index in [1.54, 1.807) is 0 Å². The highest BCUT2D eigenvalue weighted by atomic mass is 16.5. The molecule has 0 bridgehead atoms. The fourth-order valence-electron chi connectivity index (χ4n) is 2.42. The molecule has 16 heavy (non-hydrogen) atoms. The number of hydrogen-bond donors (Lipinski definition) is 1. The van der Waals surface area contributed by atoms with Gasteiger partial charge in [0.1, 0.15) is 0 Å². The van der Waals surface area contributed by atoms with Crippen LogP contribution in [-0.4, -0.2) is 49.3 Å². The van der Waals surface area contributed by atoms with E-state index in [4.69, 9.17) is 4.74 Å². The molecule has 2 aliphatic rings. The summed E-state index contributed by atoms with van der Waals surface area (Å²) in [7, 11) is 0. The monoisotopic (exact) mass is 226 g/mol. The molecule has 1 aliphatic carbocycles. The van der Waals surface area contributed by atoms with E-state index in [2.05, 4.69) is 37.9 Å². The maximum atomic E-state index is 5.80. The van der Waals surface area contributed by atoms with Crippen molar-refractivity contribution in [3.05, 3.63) is 0 Å². The van der Waals surface area contributed by atoms with E-state index in [0.29, 0.717) is 23.6 Å². The van der Waals surface area contributed by atoms with Crippen LogP contribution in [0.15, 0.2) is 0 Å². The van der Waals surface area contributed by atoms with Gasteiger partial charge in [0.05, 0.1) is 12.7 Å². The molecule has 0 radical (unpaired) electrons. The molecule has 94 valence electrons. The lowest BCUT2D eigenvalue weighted by Gasteiger charge is -2.35. The Morgan fingerprint density at radius 1 is 1.44 bits per heavy atom. The molecule has 3 nitrogen and oxygen atoms in total. The van der Waals surface area contributed by atoms with Gasteiger partial charge in [-0.25, -0.2) is 0 Å². The zero-order valence-electron chi connectivity index (χ0n) is 11.1. The van der Waals surface area contributed by atoms with Crippen LogP contribution in [0.25, 0.3) is 0 Å². The predicted molar refractivity (Wildman–Crippen MR) is 66.6 cm³/mol. The summed E-state index contributed by atoms with van der Waals surface area (Å²) < 4.78 is 5.80. The van der Waals surface area contributed by atoms with Crippen LogP contribution in [0.1, 0.15) is 34.1 Å². The first-order valence-corrected chi connectivity index (χ1v) is 6.58. The maximum Gasteiger partial charge on any atom is 0.0826 e. The number of rotatable bonds is 4. The van der Waals surface area contributed by atoms with Crippen molar-refractivity contribution in [2.45, 2.75) is 52.3 Å². The minimum atomic E-state index is 0.382. The second-order valence-electron chi connectivity index (χ2n) is 6.24. The van der Waals surface area contributed by atoms with Gasteiger partial charge >= 0.3 is 0 Å². The Balaban J connectivity index is 1.70. The molecule has 0 aromatic rings. The smallest absolute Gasteiger partial charge is 0.0826 e. The van der Waals surface area contributed by atoms with E-state index in [1.165, 1.54) is 6.42 Å². The SMILES string of the molecule is CC(C)N1CCOC(CNC2CC2(C)C)C1. The summed E-state index contributed by atoms with van der Waals surface area (Å²) in [6, 6.07) is 1.36. The van der Waals surface area contributed by atoms with E-state index in [0.717, 1.165) is 26.2 Å². The summed E-state index contributed by atoms with van der Waals surface area (Å²) in [6.07, 6.45) is 1.70. The molecular formula is C13H26N2O. The van der Waals surface area contributed by atoms with Crippen LogP contribution in [0.4, 0.5) is 0 Å². The summed E-state index contributed by atoms with van der Waals surface area (Å²) >= 11 is 0. The lowest BCUT2D eigenvalue weighted by Crippen LogP contribution is -2.49. The van der Waals surface area contributed by atoms with Gasteiger partial charge in [0.15, 0.2) is 0 Å². The molecule has 2 fully saturated rings. The third kappa shape index (κ3) is 2.96. The third-order valence-corrected chi connectivity index (χ3v) is 4.01. The van der Waals surface area contributed by atoms with E-state index in [9.17, 15) is 0 Å².